The number of para-hydroxylation sites is 2. The number of benzene rings is 11. The molecule has 1 heterocycles. The van der Waals surface area contributed by atoms with Crippen molar-refractivity contribution < 1.29 is 4.42 Å². The molecule has 2 heteroatoms. The fourth-order valence-electron chi connectivity index (χ4n) is 9.40. The first kappa shape index (κ1) is 35.7. The highest BCUT2D eigenvalue weighted by Gasteiger charge is 2.20. The van der Waals surface area contributed by atoms with E-state index in [-0.39, 0.29) is 0 Å². The monoisotopic (exact) mass is 789 g/mol. The van der Waals surface area contributed by atoms with E-state index in [1.165, 1.54) is 71.3 Å². The van der Waals surface area contributed by atoms with E-state index in [1.807, 2.05) is 12.1 Å². The third kappa shape index (κ3) is 6.12. The van der Waals surface area contributed by atoms with Crippen LogP contribution in [0.25, 0.3) is 98.8 Å². The van der Waals surface area contributed by atoms with Crippen LogP contribution in [0.1, 0.15) is 0 Å². The van der Waals surface area contributed by atoms with E-state index < -0.39 is 0 Å². The van der Waals surface area contributed by atoms with E-state index in [0.29, 0.717) is 0 Å². The van der Waals surface area contributed by atoms with E-state index in [9.17, 15) is 0 Å². The van der Waals surface area contributed by atoms with Crippen LogP contribution < -0.4 is 4.90 Å². The Labute approximate surface area is 360 Å². The second kappa shape index (κ2) is 14.8. The molecule has 0 radical (unpaired) electrons. The lowest BCUT2D eigenvalue weighted by molar-refractivity contribution is 0.669. The first-order valence-corrected chi connectivity index (χ1v) is 21.2. The summed E-state index contributed by atoms with van der Waals surface area (Å²) >= 11 is 0. The Morgan fingerprint density at radius 1 is 0.274 bits per heavy atom. The first-order chi connectivity index (χ1) is 30.7. The third-order valence-corrected chi connectivity index (χ3v) is 12.5. The smallest absolute Gasteiger partial charge is 0.159 e. The minimum atomic E-state index is 0.866. The van der Waals surface area contributed by atoms with Gasteiger partial charge < -0.3 is 9.32 Å². The molecule has 12 rings (SSSR count). The van der Waals surface area contributed by atoms with E-state index in [0.717, 1.165) is 44.6 Å². The second-order valence-electron chi connectivity index (χ2n) is 16.1. The molecule has 0 aliphatic heterocycles. The molecule has 12 aromatic rings. The zero-order chi connectivity index (χ0) is 41.0. The van der Waals surface area contributed by atoms with Gasteiger partial charge in [0.15, 0.2) is 5.58 Å². The van der Waals surface area contributed by atoms with Crippen LogP contribution in [0.4, 0.5) is 17.1 Å². The van der Waals surface area contributed by atoms with Crippen molar-refractivity contribution in [2.75, 3.05) is 4.90 Å². The Morgan fingerprint density at radius 2 is 0.726 bits per heavy atom. The summed E-state index contributed by atoms with van der Waals surface area (Å²) in [4.78, 5) is 2.31. The molecule has 290 valence electrons. The highest BCUT2D eigenvalue weighted by Crippen LogP contribution is 2.43. The van der Waals surface area contributed by atoms with Gasteiger partial charge in [-0.2, -0.15) is 0 Å². The quantitative estimate of drug-likeness (QED) is 0.150. The van der Waals surface area contributed by atoms with Crippen LogP contribution in [-0.4, -0.2) is 0 Å². The van der Waals surface area contributed by atoms with Gasteiger partial charge in [-0.05, 0) is 119 Å². The summed E-state index contributed by atoms with van der Waals surface area (Å²) in [5, 5.41) is 9.82. The number of nitrogens with zero attached hydrogens (tertiary/aromatic N) is 1. The maximum absolute atomic E-state index is 6.61. The molecule has 62 heavy (non-hydrogen) atoms. The summed E-state index contributed by atoms with van der Waals surface area (Å²) in [5.74, 6) is 0. The normalized spacial score (nSPS) is 11.5. The molecular formula is C60H39NO. The van der Waals surface area contributed by atoms with Crippen LogP contribution in [0.2, 0.25) is 0 Å². The Balaban J connectivity index is 0.869. The Bertz CT molecular complexity index is 3590. The molecule has 1 aromatic heterocycles. The van der Waals surface area contributed by atoms with Gasteiger partial charge in [0.25, 0.3) is 0 Å². The van der Waals surface area contributed by atoms with Crippen LogP contribution in [-0.2, 0) is 0 Å². The average molecular weight is 790 g/mol. The molecule has 0 aliphatic carbocycles. The molecule has 0 saturated carbocycles. The number of hydrogen-bond acceptors (Lipinski definition) is 2. The lowest BCUT2D eigenvalue weighted by atomic mass is 9.92. The molecular weight excluding hydrogens is 751 g/mol. The van der Waals surface area contributed by atoms with E-state index in [2.05, 4.69) is 229 Å². The predicted molar refractivity (Wildman–Crippen MR) is 263 cm³/mol. The Morgan fingerprint density at radius 3 is 1.40 bits per heavy atom. The van der Waals surface area contributed by atoms with Crippen molar-refractivity contribution in [1.29, 1.82) is 0 Å². The average Bonchev–Trinajstić information content (AvgIpc) is 3.74. The molecule has 0 fully saturated rings. The Hall–Kier alpha value is -8.20. The van der Waals surface area contributed by atoms with Gasteiger partial charge >= 0.3 is 0 Å². The molecule has 11 aromatic carbocycles. The number of hydrogen-bond donors (Lipinski definition) is 0. The van der Waals surface area contributed by atoms with Crippen molar-refractivity contribution in [2.24, 2.45) is 0 Å². The maximum Gasteiger partial charge on any atom is 0.159 e. The summed E-state index contributed by atoms with van der Waals surface area (Å²) < 4.78 is 6.61. The summed E-state index contributed by atoms with van der Waals surface area (Å²) in [6.07, 6.45) is 0. The van der Waals surface area contributed by atoms with Crippen LogP contribution in [0.3, 0.4) is 0 Å². The van der Waals surface area contributed by atoms with Gasteiger partial charge in [0.2, 0.25) is 0 Å². The molecule has 0 saturated heterocycles. The standard InChI is InChI=1S/C60H39NO/c1-3-14-50-44(11-1)13-9-19-51(50)45-33-37-49(38-34-45)61(58-21-10-20-56-55-18-7-8-22-59(55)62-60(56)58)48-35-31-43(32-36-48)41-25-23-40(24-26-41)42-27-29-46(30-28-42)57-39-47-12-2-4-15-52(47)53-16-5-6-17-54(53)57/h1-39H. The minimum absolute atomic E-state index is 0.866. The van der Waals surface area contributed by atoms with Gasteiger partial charge in [0.1, 0.15) is 5.58 Å². The predicted octanol–water partition coefficient (Wildman–Crippen LogP) is 17.2. The Kier molecular flexibility index (Phi) is 8.53. The molecule has 0 bridgehead atoms. The number of fused-ring (bicyclic) bond motifs is 7. The largest absolute Gasteiger partial charge is 0.454 e. The fraction of sp³-hybridized carbons (Fsp3) is 0. The number of rotatable bonds is 7. The summed E-state index contributed by atoms with van der Waals surface area (Å²) in [7, 11) is 0. The van der Waals surface area contributed by atoms with E-state index >= 15 is 0 Å². The van der Waals surface area contributed by atoms with Gasteiger partial charge in [0, 0.05) is 22.1 Å². The van der Waals surface area contributed by atoms with Gasteiger partial charge in [-0.25, -0.2) is 0 Å². The van der Waals surface area contributed by atoms with Crippen molar-refractivity contribution in [3.8, 4) is 44.5 Å². The van der Waals surface area contributed by atoms with Gasteiger partial charge in [0.05, 0.1) is 5.69 Å². The van der Waals surface area contributed by atoms with Crippen molar-refractivity contribution in [1.82, 2.24) is 0 Å². The first-order valence-electron chi connectivity index (χ1n) is 21.2. The zero-order valence-electron chi connectivity index (χ0n) is 33.9. The van der Waals surface area contributed by atoms with E-state index in [1.54, 1.807) is 0 Å². The van der Waals surface area contributed by atoms with Crippen molar-refractivity contribution >= 4 is 71.3 Å². The lowest BCUT2D eigenvalue weighted by Gasteiger charge is -2.26. The molecule has 0 aliphatic rings. The second-order valence-corrected chi connectivity index (χ2v) is 16.1. The summed E-state index contributed by atoms with van der Waals surface area (Å²) in [6.45, 7) is 0. The van der Waals surface area contributed by atoms with Crippen LogP contribution >= 0.6 is 0 Å². The molecule has 0 amide bonds. The SMILES string of the molecule is c1ccc2c(-c3ccc(N(c4ccc(-c5ccc(-c6ccc(-c7cc8ccccc8c8ccccc78)cc6)cc5)cc4)c4cccc5c4oc4ccccc45)cc3)cccc2c1. The van der Waals surface area contributed by atoms with E-state index in [4.69, 9.17) is 4.42 Å². The van der Waals surface area contributed by atoms with Crippen molar-refractivity contribution in [3.05, 3.63) is 237 Å². The van der Waals surface area contributed by atoms with Crippen LogP contribution in [0.15, 0.2) is 241 Å². The van der Waals surface area contributed by atoms with Crippen LogP contribution in [0, 0.1) is 0 Å². The fourth-order valence-corrected chi connectivity index (χ4v) is 9.40. The molecule has 2 nitrogen and oxygen atoms in total. The molecule has 0 N–H and O–H groups in total. The van der Waals surface area contributed by atoms with Crippen molar-refractivity contribution in [3.63, 3.8) is 0 Å². The van der Waals surface area contributed by atoms with Crippen LogP contribution in [0.5, 0.6) is 0 Å². The lowest BCUT2D eigenvalue weighted by Crippen LogP contribution is -2.10. The minimum Gasteiger partial charge on any atom is -0.454 e. The molecule has 0 atom stereocenters. The van der Waals surface area contributed by atoms with Crippen molar-refractivity contribution in [2.45, 2.75) is 0 Å². The number of anilines is 3. The zero-order valence-corrected chi connectivity index (χ0v) is 33.9. The molecule has 0 spiro atoms. The third-order valence-electron chi connectivity index (χ3n) is 12.5. The van der Waals surface area contributed by atoms with Gasteiger partial charge in [-0.1, -0.05) is 194 Å². The highest BCUT2D eigenvalue weighted by atomic mass is 16.3. The highest BCUT2D eigenvalue weighted by molar-refractivity contribution is 6.14. The summed E-state index contributed by atoms with van der Waals surface area (Å²) in [6, 6.07) is 85.3. The topological polar surface area (TPSA) is 16.4 Å². The number of furan rings is 1. The van der Waals surface area contributed by atoms with Gasteiger partial charge in [-0.15, -0.1) is 0 Å². The maximum atomic E-state index is 6.61. The van der Waals surface area contributed by atoms with Gasteiger partial charge in [-0.3, -0.25) is 0 Å². The summed E-state index contributed by atoms with van der Waals surface area (Å²) in [5.41, 5.74) is 14.5. The molecule has 0 unspecified atom stereocenters.